The Hall–Kier alpha value is -3.20. The molecule has 1 unspecified atom stereocenters. The van der Waals surface area contributed by atoms with E-state index >= 15 is 0 Å². The third kappa shape index (κ3) is 8.13. The van der Waals surface area contributed by atoms with E-state index in [1.807, 2.05) is 0 Å². The summed E-state index contributed by atoms with van der Waals surface area (Å²) in [5.74, 6) is 2.32. The molecule has 2 aliphatic rings. The molecular weight excluding hydrogens is 605 g/mol. The van der Waals surface area contributed by atoms with E-state index in [0.717, 1.165) is 13.1 Å². The van der Waals surface area contributed by atoms with Gasteiger partial charge in [-0.1, -0.05) is 152 Å². The van der Waals surface area contributed by atoms with Gasteiger partial charge < -0.3 is 10.6 Å². The third-order valence-corrected chi connectivity index (χ3v) is 12.2. The molecule has 2 heteroatoms. The Morgan fingerprint density at radius 2 is 0.620 bits per heavy atom. The van der Waals surface area contributed by atoms with Crippen molar-refractivity contribution in [2.24, 2.45) is 0 Å². The molecule has 268 valence electrons. The smallest absolute Gasteiger partial charge is 0.0327 e. The van der Waals surface area contributed by atoms with Crippen LogP contribution in [0.1, 0.15) is 163 Å². The minimum Gasteiger partial charge on any atom is -0.313 e. The van der Waals surface area contributed by atoms with E-state index < -0.39 is 0 Å². The van der Waals surface area contributed by atoms with Gasteiger partial charge in [-0.3, -0.25) is 0 Å². The largest absolute Gasteiger partial charge is 0.313 e. The average molecular weight is 671 g/mol. The lowest BCUT2D eigenvalue weighted by Gasteiger charge is -2.37. The quantitative estimate of drug-likeness (QED) is 0.175. The highest BCUT2D eigenvalue weighted by Gasteiger charge is 2.40. The number of hydrogen-bond donors (Lipinski definition) is 2. The first-order chi connectivity index (χ1) is 23.8. The van der Waals surface area contributed by atoms with Crippen molar-refractivity contribution < 1.29 is 0 Å². The summed E-state index contributed by atoms with van der Waals surface area (Å²) >= 11 is 0. The van der Waals surface area contributed by atoms with Gasteiger partial charge in [-0.15, -0.1) is 0 Å². The number of rotatable bonds is 10. The Kier molecular flexibility index (Phi) is 12.5. The fourth-order valence-corrected chi connectivity index (χ4v) is 8.35. The second-order valence-corrected chi connectivity index (χ2v) is 16.8. The molecule has 2 heterocycles. The third-order valence-electron chi connectivity index (χ3n) is 12.2. The topological polar surface area (TPSA) is 24.1 Å². The second kappa shape index (κ2) is 16.4. The van der Waals surface area contributed by atoms with Crippen LogP contribution in [0, 0.1) is 0 Å². The van der Waals surface area contributed by atoms with Gasteiger partial charge in [-0.2, -0.15) is 0 Å². The molecule has 0 aliphatic carbocycles. The Morgan fingerprint density at radius 3 is 0.780 bits per heavy atom. The first-order valence-electron chi connectivity index (χ1n) is 19.7. The number of hydrogen-bond acceptors (Lipinski definition) is 2. The molecule has 0 amide bonds. The van der Waals surface area contributed by atoms with Crippen LogP contribution in [0.4, 0.5) is 0 Å². The van der Waals surface area contributed by atoms with Crippen LogP contribution >= 0.6 is 0 Å². The highest BCUT2D eigenvalue weighted by atomic mass is 15.0. The number of nitrogens with one attached hydrogen (secondary N) is 2. The highest BCUT2D eigenvalue weighted by molar-refractivity contribution is 5.45. The highest BCUT2D eigenvalue weighted by Crippen LogP contribution is 2.41. The van der Waals surface area contributed by atoms with Crippen LogP contribution in [0.15, 0.2) is 97.1 Å². The molecule has 4 aromatic carbocycles. The molecule has 2 atom stereocenters. The van der Waals surface area contributed by atoms with Crippen LogP contribution in [0.2, 0.25) is 0 Å². The van der Waals surface area contributed by atoms with E-state index in [1.165, 1.54) is 70.2 Å². The van der Waals surface area contributed by atoms with Crippen LogP contribution < -0.4 is 10.6 Å². The van der Waals surface area contributed by atoms with Crippen molar-refractivity contribution in [1.29, 1.82) is 0 Å². The first-order valence-corrected chi connectivity index (χ1v) is 19.7. The van der Waals surface area contributed by atoms with E-state index in [9.17, 15) is 0 Å². The maximum Gasteiger partial charge on any atom is 0.0327 e. The van der Waals surface area contributed by atoms with Gasteiger partial charge in [-0.05, 0) is 121 Å². The van der Waals surface area contributed by atoms with Crippen LogP contribution in [0.3, 0.4) is 0 Å². The predicted octanol–water partition coefficient (Wildman–Crippen LogP) is 12.0. The van der Waals surface area contributed by atoms with Gasteiger partial charge in [0.1, 0.15) is 0 Å². The summed E-state index contributed by atoms with van der Waals surface area (Å²) in [5, 5.41) is 7.54. The maximum atomic E-state index is 3.77. The van der Waals surface area contributed by atoms with E-state index in [2.05, 4.69) is 177 Å². The van der Waals surface area contributed by atoms with Crippen molar-refractivity contribution in [2.75, 3.05) is 13.1 Å². The molecule has 2 aliphatic heterocycles. The Labute approximate surface area is 305 Å². The van der Waals surface area contributed by atoms with Crippen LogP contribution in [-0.4, -0.2) is 25.2 Å². The van der Waals surface area contributed by atoms with Crippen molar-refractivity contribution in [3.63, 3.8) is 0 Å². The van der Waals surface area contributed by atoms with Crippen LogP contribution in [0.25, 0.3) is 0 Å². The monoisotopic (exact) mass is 671 g/mol. The van der Waals surface area contributed by atoms with E-state index in [0.29, 0.717) is 35.8 Å². The molecule has 2 N–H and O–H groups in total. The average Bonchev–Trinajstić information content (AvgIpc) is 3.88. The van der Waals surface area contributed by atoms with Crippen LogP contribution in [0.5, 0.6) is 0 Å². The van der Waals surface area contributed by atoms with Crippen molar-refractivity contribution in [3.05, 3.63) is 142 Å². The van der Waals surface area contributed by atoms with Gasteiger partial charge in [-0.25, -0.2) is 0 Å². The van der Waals surface area contributed by atoms with Gasteiger partial charge in [0.15, 0.2) is 0 Å². The fraction of sp³-hybridized carbons (Fsp3) is 0.500. The molecule has 4 aromatic rings. The lowest BCUT2D eigenvalue weighted by atomic mass is 9.69. The Balaban J connectivity index is 0.000000194. The van der Waals surface area contributed by atoms with Crippen molar-refractivity contribution >= 4 is 0 Å². The summed E-state index contributed by atoms with van der Waals surface area (Å²) in [4.78, 5) is 0. The second-order valence-electron chi connectivity index (χ2n) is 16.8. The maximum absolute atomic E-state index is 3.77. The van der Waals surface area contributed by atoms with E-state index in [-0.39, 0.29) is 10.8 Å². The van der Waals surface area contributed by atoms with Gasteiger partial charge in [0.05, 0.1) is 0 Å². The summed E-state index contributed by atoms with van der Waals surface area (Å²) in [6.07, 6.45) is 5.03. The lowest BCUT2D eigenvalue weighted by molar-refractivity contribution is 0.406. The van der Waals surface area contributed by atoms with E-state index in [4.69, 9.17) is 0 Å². The molecule has 0 radical (unpaired) electrons. The van der Waals surface area contributed by atoms with Crippen LogP contribution in [-0.2, 0) is 10.8 Å². The summed E-state index contributed by atoms with van der Waals surface area (Å²) in [6.45, 7) is 25.2. The SMILES string of the molecule is CC(C)c1ccc(C(C)(c2ccc(C(C)C)cc2)C2CCCN2)cc1.CC(C)c1ccc(C(C)(c2ccc(C(C)C)cc2)[C@@H]2CCCN2)cc1. The van der Waals surface area contributed by atoms with Gasteiger partial charge >= 0.3 is 0 Å². The molecule has 2 saturated heterocycles. The molecule has 50 heavy (non-hydrogen) atoms. The molecule has 6 rings (SSSR count). The van der Waals surface area contributed by atoms with Gasteiger partial charge in [0.25, 0.3) is 0 Å². The Morgan fingerprint density at radius 1 is 0.400 bits per heavy atom. The Bertz CT molecular complexity index is 1370. The summed E-state index contributed by atoms with van der Waals surface area (Å²) in [5.41, 5.74) is 11.4. The normalized spacial score (nSPS) is 18.3. The van der Waals surface area contributed by atoms with Gasteiger partial charge in [0, 0.05) is 22.9 Å². The first kappa shape index (κ1) is 38.0. The fourth-order valence-electron chi connectivity index (χ4n) is 8.35. The molecule has 0 spiro atoms. The van der Waals surface area contributed by atoms with Crippen molar-refractivity contribution in [3.8, 4) is 0 Å². The lowest BCUT2D eigenvalue weighted by Crippen LogP contribution is -2.44. The predicted molar refractivity (Wildman–Crippen MR) is 217 cm³/mol. The summed E-state index contributed by atoms with van der Waals surface area (Å²) in [6, 6.07) is 38.3. The molecule has 0 aromatic heterocycles. The molecular formula is C48H66N2. The summed E-state index contributed by atoms with van der Waals surface area (Å²) in [7, 11) is 0. The van der Waals surface area contributed by atoms with Crippen molar-refractivity contribution in [2.45, 2.75) is 142 Å². The zero-order valence-electron chi connectivity index (χ0n) is 32.9. The van der Waals surface area contributed by atoms with Crippen molar-refractivity contribution in [1.82, 2.24) is 10.6 Å². The van der Waals surface area contributed by atoms with Gasteiger partial charge in [0.2, 0.25) is 0 Å². The molecule has 2 nitrogen and oxygen atoms in total. The summed E-state index contributed by atoms with van der Waals surface area (Å²) < 4.78 is 0. The molecule has 0 bridgehead atoms. The molecule has 0 saturated carbocycles. The molecule has 2 fully saturated rings. The standard InChI is InChI=1S/2C24H33N/c2*1-17(2)19-8-12-21(13-9-19)24(5,23-7-6-16-25-23)22-14-10-20(11-15-22)18(3)4/h2*8-15,17-18,23,25H,6-7,16H2,1-5H3/t23-;/m0./s1. The zero-order valence-corrected chi connectivity index (χ0v) is 32.9. The zero-order chi connectivity index (χ0) is 36.1. The minimum absolute atomic E-state index is 0.0154. The van der Waals surface area contributed by atoms with E-state index in [1.54, 1.807) is 0 Å². The number of benzene rings is 4. The minimum atomic E-state index is 0.0154.